The first-order valence-electron chi connectivity index (χ1n) is 8.14. The number of ketones is 1. The van der Waals surface area contributed by atoms with Crippen LogP contribution in [0.25, 0.3) is 0 Å². The number of carbonyl (C=O) groups is 1. The van der Waals surface area contributed by atoms with Crippen molar-refractivity contribution >= 4 is 5.78 Å². The maximum atomic E-state index is 11.7. The predicted octanol–water partition coefficient (Wildman–Crippen LogP) is 4.58. The third kappa shape index (κ3) is 1.63. The minimum atomic E-state index is 0.375. The van der Waals surface area contributed by atoms with Gasteiger partial charge in [-0.05, 0) is 74.7 Å². The lowest BCUT2D eigenvalue weighted by Gasteiger charge is -2.50. The quantitative estimate of drug-likeness (QED) is 0.580. The topological polar surface area (TPSA) is 17.1 Å². The fourth-order valence-corrected chi connectivity index (χ4v) is 5.55. The molecule has 0 saturated heterocycles. The van der Waals surface area contributed by atoms with E-state index in [1.165, 1.54) is 44.1 Å². The lowest BCUT2D eigenvalue weighted by molar-refractivity contribution is -0.115. The summed E-state index contributed by atoms with van der Waals surface area (Å²) in [4.78, 5) is 11.7. The molecule has 4 rings (SSSR count). The molecule has 19 heavy (non-hydrogen) atoms. The lowest BCUT2D eigenvalue weighted by Crippen LogP contribution is -2.40. The SMILES string of the molecule is CC12CCC3CCCC3=C1CCC1=CC(=O)CCC12. The van der Waals surface area contributed by atoms with Crippen molar-refractivity contribution in [2.24, 2.45) is 17.3 Å². The summed E-state index contributed by atoms with van der Waals surface area (Å²) in [5.41, 5.74) is 5.57. The Balaban J connectivity index is 1.79. The summed E-state index contributed by atoms with van der Waals surface area (Å²) in [6.45, 7) is 2.51. The molecule has 0 amide bonds. The maximum absolute atomic E-state index is 11.7. The molecule has 1 nitrogen and oxygen atoms in total. The smallest absolute Gasteiger partial charge is 0.155 e. The molecule has 0 heterocycles. The zero-order chi connectivity index (χ0) is 13.0. The van der Waals surface area contributed by atoms with Crippen LogP contribution in [0.3, 0.4) is 0 Å². The number of allylic oxidation sites excluding steroid dienone is 4. The van der Waals surface area contributed by atoms with E-state index in [4.69, 9.17) is 0 Å². The van der Waals surface area contributed by atoms with E-state index in [-0.39, 0.29) is 0 Å². The van der Waals surface area contributed by atoms with Crippen LogP contribution < -0.4 is 0 Å². The molecule has 0 aromatic heterocycles. The number of carbonyl (C=O) groups excluding carboxylic acids is 1. The molecular formula is C18H24O. The molecule has 0 bridgehead atoms. The first-order chi connectivity index (χ1) is 9.18. The van der Waals surface area contributed by atoms with Crippen molar-refractivity contribution < 1.29 is 4.79 Å². The largest absolute Gasteiger partial charge is 0.295 e. The van der Waals surface area contributed by atoms with E-state index in [2.05, 4.69) is 6.92 Å². The van der Waals surface area contributed by atoms with Gasteiger partial charge in [0.05, 0.1) is 0 Å². The second kappa shape index (κ2) is 4.07. The van der Waals surface area contributed by atoms with Gasteiger partial charge in [-0.15, -0.1) is 0 Å². The first kappa shape index (κ1) is 11.9. The van der Waals surface area contributed by atoms with Gasteiger partial charge in [0, 0.05) is 6.42 Å². The summed E-state index contributed by atoms with van der Waals surface area (Å²) >= 11 is 0. The molecular weight excluding hydrogens is 232 g/mol. The molecule has 0 N–H and O–H groups in total. The van der Waals surface area contributed by atoms with E-state index in [9.17, 15) is 4.79 Å². The molecule has 0 aromatic rings. The average molecular weight is 256 g/mol. The number of rotatable bonds is 0. The third-order valence-corrected chi connectivity index (χ3v) is 6.49. The monoisotopic (exact) mass is 256 g/mol. The Morgan fingerprint density at radius 2 is 2.00 bits per heavy atom. The van der Waals surface area contributed by atoms with Gasteiger partial charge in [0.2, 0.25) is 0 Å². The van der Waals surface area contributed by atoms with Gasteiger partial charge >= 0.3 is 0 Å². The van der Waals surface area contributed by atoms with Gasteiger partial charge in [-0.25, -0.2) is 0 Å². The summed E-state index contributed by atoms with van der Waals surface area (Å²) in [6.07, 6.45) is 13.3. The van der Waals surface area contributed by atoms with Crippen molar-refractivity contribution in [3.8, 4) is 0 Å². The highest BCUT2D eigenvalue weighted by Gasteiger charge is 2.48. The first-order valence-corrected chi connectivity index (χ1v) is 8.14. The molecule has 1 heteroatoms. The highest BCUT2D eigenvalue weighted by Crippen LogP contribution is 2.60. The summed E-state index contributed by atoms with van der Waals surface area (Å²) < 4.78 is 0. The number of fused-ring (bicyclic) bond motifs is 4. The van der Waals surface area contributed by atoms with Crippen LogP contribution in [0.2, 0.25) is 0 Å². The van der Waals surface area contributed by atoms with Crippen LogP contribution in [0, 0.1) is 17.3 Å². The Morgan fingerprint density at radius 1 is 1.11 bits per heavy atom. The summed E-state index contributed by atoms with van der Waals surface area (Å²) in [5.74, 6) is 1.99. The van der Waals surface area contributed by atoms with E-state index in [1.807, 2.05) is 17.2 Å². The maximum Gasteiger partial charge on any atom is 0.155 e. The van der Waals surface area contributed by atoms with E-state index < -0.39 is 0 Å². The molecule has 4 aliphatic rings. The zero-order valence-electron chi connectivity index (χ0n) is 12.0. The molecule has 4 aliphatic carbocycles. The van der Waals surface area contributed by atoms with Crippen molar-refractivity contribution in [2.45, 2.75) is 64.7 Å². The van der Waals surface area contributed by atoms with Crippen LogP contribution in [0.4, 0.5) is 0 Å². The standard InChI is InChI=1S/C18H24O/c1-18-10-9-12-3-2-4-15(12)17(18)7-5-13-11-14(19)6-8-16(13)18/h11-12,16H,2-10H2,1H3. The lowest BCUT2D eigenvalue weighted by atomic mass is 9.54. The van der Waals surface area contributed by atoms with Crippen LogP contribution in [0.15, 0.2) is 22.8 Å². The Kier molecular flexibility index (Phi) is 2.56. The van der Waals surface area contributed by atoms with Crippen molar-refractivity contribution in [2.75, 3.05) is 0 Å². The average Bonchev–Trinajstić information content (AvgIpc) is 2.86. The van der Waals surface area contributed by atoms with Crippen molar-refractivity contribution in [1.82, 2.24) is 0 Å². The third-order valence-electron chi connectivity index (χ3n) is 6.49. The van der Waals surface area contributed by atoms with Crippen molar-refractivity contribution in [3.05, 3.63) is 22.8 Å². The summed E-state index contributed by atoms with van der Waals surface area (Å²) in [6, 6.07) is 0. The van der Waals surface area contributed by atoms with E-state index in [0.717, 1.165) is 25.2 Å². The zero-order valence-corrected chi connectivity index (χ0v) is 12.0. The van der Waals surface area contributed by atoms with Gasteiger partial charge in [0.15, 0.2) is 5.78 Å². The molecule has 2 saturated carbocycles. The second-order valence-electron chi connectivity index (χ2n) is 7.33. The van der Waals surface area contributed by atoms with Crippen LogP contribution in [-0.4, -0.2) is 5.78 Å². The van der Waals surface area contributed by atoms with Gasteiger partial charge < -0.3 is 0 Å². The molecule has 0 aliphatic heterocycles. The molecule has 3 atom stereocenters. The highest BCUT2D eigenvalue weighted by atomic mass is 16.1. The second-order valence-corrected chi connectivity index (χ2v) is 7.33. The molecule has 0 radical (unpaired) electrons. The number of hydrogen-bond donors (Lipinski definition) is 0. The predicted molar refractivity (Wildman–Crippen MR) is 76.8 cm³/mol. The molecule has 0 spiro atoms. The minimum Gasteiger partial charge on any atom is -0.295 e. The van der Waals surface area contributed by atoms with Crippen molar-refractivity contribution in [3.63, 3.8) is 0 Å². The van der Waals surface area contributed by atoms with Crippen LogP contribution in [0.5, 0.6) is 0 Å². The number of hydrogen-bond acceptors (Lipinski definition) is 1. The van der Waals surface area contributed by atoms with Crippen LogP contribution in [0.1, 0.15) is 64.7 Å². The normalized spacial score (nSPS) is 41.5. The summed E-state index contributed by atoms with van der Waals surface area (Å²) in [7, 11) is 0. The van der Waals surface area contributed by atoms with Crippen molar-refractivity contribution in [1.29, 1.82) is 0 Å². The molecule has 3 unspecified atom stereocenters. The van der Waals surface area contributed by atoms with E-state index >= 15 is 0 Å². The molecule has 0 aromatic carbocycles. The fourth-order valence-electron chi connectivity index (χ4n) is 5.55. The van der Waals surface area contributed by atoms with Gasteiger partial charge in [-0.3, -0.25) is 4.79 Å². The Labute approximate surface area is 116 Å². The Hall–Kier alpha value is -0.850. The van der Waals surface area contributed by atoms with E-state index in [1.54, 1.807) is 0 Å². The van der Waals surface area contributed by atoms with Crippen LogP contribution >= 0.6 is 0 Å². The van der Waals surface area contributed by atoms with Gasteiger partial charge in [0.25, 0.3) is 0 Å². The van der Waals surface area contributed by atoms with Gasteiger partial charge in [-0.1, -0.05) is 23.6 Å². The highest BCUT2D eigenvalue weighted by molar-refractivity contribution is 5.91. The molecule has 102 valence electrons. The Bertz CT molecular complexity index is 496. The van der Waals surface area contributed by atoms with Gasteiger partial charge in [0.1, 0.15) is 0 Å². The summed E-state index contributed by atoms with van der Waals surface area (Å²) in [5, 5.41) is 0. The molecule has 2 fully saturated rings. The van der Waals surface area contributed by atoms with Gasteiger partial charge in [-0.2, -0.15) is 0 Å². The fraction of sp³-hybridized carbons (Fsp3) is 0.722. The van der Waals surface area contributed by atoms with Crippen LogP contribution in [-0.2, 0) is 4.79 Å². The minimum absolute atomic E-state index is 0.375. The Morgan fingerprint density at radius 3 is 2.89 bits per heavy atom. The van der Waals surface area contributed by atoms with E-state index in [0.29, 0.717) is 17.1 Å².